The number of nitrogens with one attached hydrogen (secondary N) is 2. The van der Waals surface area contributed by atoms with Gasteiger partial charge in [-0.25, -0.2) is 0 Å². The summed E-state index contributed by atoms with van der Waals surface area (Å²) in [7, 11) is 0. The molecule has 0 bridgehead atoms. The predicted molar refractivity (Wildman–Crippen MR) is 80.8 cm³/mol. The van der Waals surface area contributed by atoms with Crippen molar-refractivity contribution in [2.75, 3.05) is 11.9 Å². The highest BCUT2D eigenvalue weighted by atomic mass is 32.1. The monoisotopic (exact) mass is 274 g/mol. The first-order valence-electron chi connectivity index (χ1n) is 6.36. The number of aryl methyl sites for hydroxylation is 1. The Morgan fingerprint density at radius 2 is 2.11 bits per heavy atom. The predicted octanol–water partition coefficient (Wildman–Crippen LogP) is 3.42. The number of rotatable bonds is 5. The quantitative estimate of drug-likeness (QED) is 0.877. The Kier molecular flexibility index (Phi) is 4.71. The summed E-state index contributed by atoms with van der Waals surface area (Å²) < 4.78 is 0. The third-order valence-corrected chi connectivity index (χ3v) is 3.73. The van der Waals surface area contributed by atoms with Crippen LogP contribution >= 0.6 is 11.3 Å². The second kappa shape index (κ2) is 6.50. The maximum Gasteiger partial charge on any atom is 0.265 e. The number of thiophene rings is 1. The van der Waals surface area contributed by atoms with Crippen LogP contribution in [0.25, 0.3) is 0 Å². The van der Waals surface area contributed by atoms with Crippen molar-refractivity contribution in [1.29, 1.82) is 0 Å². The highest BCUT2D eigenvalue weighted by molar-refractivity contribution is 7.14. The van der Waals surface area contributed by atoms with Gasteiger partial charge in [-0.2, -0.15) is 0 Å². The fraction of sp³-hybridized carbons (Fsp3) is 0.267. The Balaban J connectivity index is 2.04. The highest BCUT2D eigenvalue weighted by Gasteiger charge is 2.08. The molecule has 19 heavy (non-hydrogen) atoms. The summed E-state index contributed by atoms with van der Waals surface area (Å²) in [5.74, 6) is -0.0429. The maximum atomic E-state index is 12.0. The molecule has 0 saturated heterocycles. The SMILES string of the molecule is CCNCc1cccc(NC(=O)c2ccc(C)s2)c1. The van der Waals surface area contributed by atoms with Crippen molar-refractivity contribution in [2.24, 2.45) is 0 Å². The Hall–Kier alpha value is -1.65. The van der Waals surface area contributed by atoms with Gasteiger partial charge in [-0.05, 0) is 43.3 Å². The smallest absolute Gasteiger partial charge is 0.265 e. The zero-order chi connectivity index (χ0) is 13.7. The molecule has 0 radical (unpaired) electrons. The lowest BCUT2D eigenvalue weighted by Gasteiger charge is -2.07. The molecule has 4 heteroatoms. The molecule has 0 aliphatic carbocycles. The van der Waals surface area contributed by atoms with Crippen LogP contribution in [0.2, 0.25) is 0 Å². The first-order chi connectivity index (χ1) is 9.19. The fourth-order valence-electron chi connectivity index (χ4n) is 1.78. The van der Waals surface area contributed by atoms with Crippen LogP contribution in [0.1, 0.15) is 27.0 Å². The Labute approximate surface area is 117 Å². The average molecular weight is 274 g/mol. The van der Waals surface area contributed by atoms with Crippen LogP contribution in [0.3, 0.4) is 0 Å². The molecule has 1 aromatic carbocycles. The van der Waals surface area contributed by atoms with E-state index in [1.807, 2.05) is 43.3 Å². The maximum absolute atomic E-state index is 12.0. The molecule has 3 nitrogen and oxygen atoms in total. The molecule has 2 aromatic rings. The molecule has 0 unspecified atom stereocenters. The van der Waals surface area contributed by atoms with E-state index in [0.717, 1.165) is 28.5 Å². The van der Waals surface area contributed by atoms with Gasteiger partial charge in [0.05, 0.1) is 4.88 Å². The molecule has 1 heterocycles. The summed E-state index contributed by atoms with van der Waals surface area (Å²) in [6.45, 7) is 5.83. The van der Waals surface area contributed by atoms with Gasteiger partial charge >= 0.3 is 0 Å². The van der Waals surface area contributed by atoms with Gasteiger partial charge in [-0.3, -0.25) is 4.79 Å². The summed E-state index contributed by atoms with van der Waals surface area (Å²) in [6, 6.07) is 11.7. The lowest BCUT2D eigenvalue weighted by Crippen LogP contribution is -2.13. The van der Waals surface area contributed by atoms with Gasteiger partial charge in [0.1, 0.15) is 0 Å². The lowest BCUT2D eigenvalue weighted by atomic mass is 10.2. The van der Waals surface area contributed by atoms with Crippen LogP contribution in [0, 0.1) is 6.92 Å². The molecule has 0 aliphatic heterocycles. The van der Waals surface area contributed by atoms with Crippen LogP contribution in [0.15, 0.2) is 36.4 Å². The van der Waals surface area contributed by atoms with E-state index in [1.54, 1.807) is 0 Å². The van der Waals surface area contributed by atoms with E-state index in [-0.39, 0.29) is 5.91 Å². The normalized spacial score (nSPS) is 10.4. The van der Waals surface area contributed by atoms with Crippen molar-refractivity contribution >= 4 is 22.9 Å². The van der Waals surface area contributed by atoms with Crippen molar-refractivity contribution in [3.05, 3.63) is 51.7 Å². The van der Waals surface area contributed by atoms with Gasteiger partial charge in [0.25, 0.3) is 5.91 Å². The number of hydrogen-bond donors (Lipinski definition) is 2. The molecule has 2 rings (SSSR count). The number of hydrogen-bond acceptors (Lipinski definition) is 3. The van der Waals surface area contributed by atoms with Crippen LogP contribution < -0.4 is 10.6 Å². The minimum Gasteiger partial charge on any atom is -0.321 e. The molecular formula is C15H18N2OS. The number of benzene rings is 1. The summed E-state index contributed by atoms with van der Waals surface area (Å²) >= 11 is 1.51. The van der Waals surface area contributed by atoms with Crippen LogP contribution in [-0.4, -0.2) is 12.5 Å². The molecule has 1 amide bonds. The number of carbonyl (C=O) groups is 1. The molecule has 2 N–H and O–H groups in total. The van der Waals surface area contributed by atoms with E-state index in [9.17, 15) is 4.79 Å². The van der Waals surface area contributed by atoms with Gasteiger partial charge in [0.15, 0.2) is 0 Å². The van der Waals surface area contributed by atoms with Gasteiger partial charge in [0.2, 0.25) is 0 Å². The summed E-state index contributed by atoms with van der Waals surface area (Å²) in [5.41, 5.74) is 2.01. The highest BCUT2D eigenvalue weighted by Crippen LogP contribution is 2.18. The summed E-state index contributed by atoms with van der Waals surface area (Å²) in [5, 5.41) is 6.20. The molecule has 0 atom stereocenters. The van der Waals surface area contributed by atoms with Gasteiger partial charge in [-0.1, -0.05) is 19.1 Å². The van der Waals surface area contributed by atoms with Gasteiger partial charge in [0, 0.05) is 17.1 Å². The lowest BCUT2D eigenvalue weighted by molar-refractivity contribution is 0.103. The van der Waals surface area contributed by atoms with Crippen molar-refractivity contribution in [2.45, 2.75) is 20.4 Å². The van der Waals surface area contributed by atoms with Gasteiger partial charge in [-0.15, -0.1) is 11.3 Å². The second-order valence-corrected chi connectivity index (χ2v) is 5.63. The van der Waals surface area contributed by atoms with Crippen LogP contribution in [0.5, 0.6) is 0 Å². The van der Waals surface area contributed by atoms with Crippen molar-refractivity contribution in [1.82, 2.24) is 5.32 Å². The molecule has 0 aliphatic rings. The first-order valence-corrected chi connectivity index (χ1v) is 7.18. The molecule has 1 aromatic heterocycles. The average Bonchev–Trinajstić information content (AvgIpc) is 2.83. The van der Waals surface area contributed by atoms with E-state index in [0.29, 0.717) is 0 Å². The number of amides is 1. The summed E-state index contributed by atoms with van der Waals surface area (Å²) in [4.78, 5) is 13.9. The first kappa shape index (κ1) is 13.8. The molecule has 0 saturated carbocycles. The number of carbonyl (C=O) groups excluding carboxylic acids is 1. The Bertz CT molecular complexity index is 563. The van der Waals surface area contributed by atoms with E-state index >= 15 is 0 Å². The van der Waals surface area contributed by atoms with E-state index < -0.39 is 0 Å². The van der Waals surface area contributed by atoms with Crippen molar-refractivity contribution < 1.29 is 4.79 Å². The Morgan fingerprint density at radius 1 is 1.26 bits per heavy atom. The minimum absolute atomic E-state index is 0.0429. The zero-order valence-electron chi connectivity index (χ0n) is 11.2. The van der Waals surface area contributed by atoms with Crippen LogP contribution in [-0.2, 0) is 6.54 Å². The number of anilines is 1. The topological polar surface area (TPSA) is 41.1 Å². The van der Waals surface area contributed by atoms with E-state index in [1.165, 1.54) is 16.9 Å². The Morgan fingerprint density at radius 3 is 2.79 bits per heavy atom. The van der Waals surface area contributed by atoms with Gasteiger partial charge < -0.3 is 10.6 Å². The minimum atomic E-state index is -0.0429. The van der Waals surface area contributed by atoms with Crippen LogP contribution in [0.4, 0.5) is 5.69 Å². The third kappa shape index (κ3) is 3.91. The standard InChI is InChI=1S/C15H18N2OS/c1-3-16-10-12-5-4-6-13(9-12)17-15(18)14-8-7-11(2)19-14/h4-9,16H,3,10H2,1-2H3,(H,17,18). The fourth-order valence-corrected chi connectivity index (χ4v) is 2.54. The second-order valence-electron chi connectivity index (χ2n) is 4.35. The molecule has 0 fully saturated rings. The van der Waals surface area contributed by atoms with Crippen molar-refractivity contribution in [3.63, 3.8) is 0 Å². The molecular weight excluding hydrogens is 256 g/mol. The largest absolute Gasteiger partial charge is 0.321 e. The third-order valence-electron chi connectivity index (χ3n) is 2.73. The summed E-state index contributed by atoms with van der Waals surface area (Å²) in [6.07, 6.45) is 0. The molecule has 0 spiro atoms. The van der Waals surface area contributed by atoms with Crippen molar-refractivity contribution in [3.8, 4) is 0 Å². The molecule has 100 valence electrons. The van der Waals surface area contributed by atoms with E-state index in [4.69, 9.17) is 0 Å². The van der Waals surface area contributed by atoms with E-state index in [2.05, 4.69) is 17.6 Å². The zero-order valence-corrected chi connectivity index (χ0v) is 12.0.